The minimum Gasteiger partial charge on any atom is -0.364 e. The van der Waals surface area contributed by atoms with Crippen LogP contribution in [-0.4, -0.2) is 31.2 Å². The summed E-state index contributed by atoms with van der Waals surface area (Å²) in [5, 5.41) is 0. The molecular weight excluding hydrogens is 154 g/mol. The van der Waals surface area contributed by atoms with Crippen molar-refractivity contribution < 1.29 is 9.53 Å². The van der Waals surface area contributed by atoms with E-state index in [2.05, 4.69) is 0 Å². The quantitative estimate of drug-likeness (QED) is 0.601. The number of likely N-dealkylation sites (tertiary alicyclic amines) is 1. The van der Waals surface area contributed by atoms with E-state index in [1.54, 1.807) is 12.0 Å². The zero-order chi connectivity index (χ0) is 6.69. The van der Waals surface area contributed by atoms with E-state index < -0.39 is 0 Å². The maximum atomic E-state index is 10.8. The normalized spacial score (nSPS) is 17.3. The molecule has 0 aromatic rings. The summed E-state index contributed by atoms with van der Waals surface area (Å²) < 4.78 is 4.80. The second-order valence-corrected chi connectivity index (χ2v) is 2.18. The van der Waals surface area contributed by atoms with Crippen molar-refractivity contribution in [3.8, 4) is 0 Å². The van der Waals surface area contributed by atoms with Gasteiger partial charge in [-0.1, -0.05) is 0 Å². The monoisotopic (exact) mass is 165 g/mol. The molecule has 60 valence electrons. The molecule has 1 aliphatic heterocycles. The molecule has 0 aromatic carbocycles. The van der Waals surface area contributed by atoms with Gasteiger partial charge in [-0.3, -0.25) is 4.79 Å². The highest BCUT2D eigenvalue weighted by Crippen LogP contribution is 2.07. The van der Waals surface area contributed by atoms with Crippen LogP contribution in [0, 0.1) is 0 Å². The summed E-state index contributed by atoms with van der Waals surface area (Å²) in [5.74, 6) is 0.219. The molecule has 1 saturated heterocycles. The molecule has 0 aromatic heterocycles. The summed E-state index contributed by atoms with van der Waals surface area (Å²) in [5.41, 5.74) is 0. The summed E-state index contributed by atoms with van der Waals surface area (Å²) in [7, 11) is 1.60. The Labute approximate surface area is 66.7 Å². The summed E-state index contributed by atoms with van der Waals surface area (Å²) in [6.45, 7) is 1.32. The topological polar surface area (TPSA) is 29.5 Å². The third-order valence-corrected chi connectivity index (χ3v) is 1.46. The third-order valence-electron chi connectivity index (χ3n) is 1.46. The molecule has 0 unspecified atom stereocenters. The third kappa shape index (κ3) is 2.15. The average molecular weight is 166 g/mol. The van der Waals surface area contributed by atoms with Crippen LogP contribution >= 0.6 is 12.4 Å². The van der Waals surface area contributed by atoms with Gasteiger partial charge in [-0.2, -0.15) is 0 Å². The number of hydrogen-bond donors (Lipinski definition) is 0. The molecule has 1 fully saturated rings. The summed E-state index contributed by atoms with van der Waals surface area (Å²) in [6.07, 6.45) is 1.69. The van der Waals surface area contributed by atoms with Crippen molar-refractivity contribution in [2.75, 3.05) is 20.4 Å². The van der Waals surface area contributed by atoms with Crippen LogP contribution in [-0.2, 0) is 9.53 Å². The highest BCUT2D eigenvalue weighted by Gasteiger charge is 2.18. The predicted molar refractivity (Wildman–Crippen MR) is 40.1 cm³/mol. The lowest BCUT2D eigenvalue weighted by atomic mass is 10.4. The average Bonchev–Trinajstić information content (AvgIpc) is 2.18. The SMILES string of the molecule is COCN1CCCC1=O.Cl. The lowest BCUT2D eigenvalue weighted by Crippen LogP contribution is -2.26. The molecule has 1 amide bonds. The van der Waals surface area contributed by atoms with Gasteiger partial charge in [-0.05, 0) is 6.42 Å². The Morgan fingerprint density at radius 2 is 2.40 bits per heavy atom. The van der Waals surface area contributed by atoms with Crippen LogP contribution < -0.4 is 0 Å². The number of methoxy groups -OCH3 is 1. The number of nitrogens with zero attached hydrogens (tertiary/aromatic N) is 1. The van der Waals surface area contributed by atoms with Gasteiger partial charge >= 0.3 is 0 Å². The van der Waals surface area contributed by atoms with E-state index in [1.807, 2.05) is 0 Å². The van der Waals surface area contributed by atoms with Gasteiger partial charge in [0.05, 0.1) is 0 Å². The fourth-order valence-corrected chi connectivity index (χ4v) is 0.996. The van der Waals surface area contributed by atoms with Crippen LogP contribution in [0.15, 0.2) is 0 Å². The molecule has 0 atom stereocenters. The minimum atomic E-state index is 0. The molecule has 0 saturated carbocycles. The molecule has 1 rings (SSSR count). The fraction of sp³-hybridized carbons (Fsp3) is 0.833. The minimum absolute atomic E-state index is 0. The largest absolute Gasteiger partial charge is 0.364 e. The Morgan fingerprint density at radius 3 is 2.80 bits per heavy atom. The van der Waals surface area contributed by atoms with E-state index >= 15 is 0 Å². The van der Waals surface area contributed by atoms with Crippen molar-refractivity contribution in [1.29, 1.82) is 0 Å². The van der Waals surface area contributed by atoms with E-state index in [-0.39, 0.29) is 18.3 Å². The molecule has 4 heteroatoms. The van der Waals surface area contributed by atoms with Crippen molar-refractivity contribution in [1.82, 2.24) is 4.90 Å². The molecule has 3 nitrogen and oxygen atoms in total. The second kappa shape index (κ2) is 4.52. The fourth-order valence-electron chi connectivity index (χ4n) is 0.996. The molecule has 0 bridgehead atoms. The van der Waals surface area contributed by atoms with Gasteiger partial charge in [0.15, 0.2) is 0 Å². The highest BCUT2D eigenvalue weighted by atomic mass is 35.5. The molecule has 0 aliphatic carbocycles. The van der Waals surface area contributed by atoms with Gasteiger partial charge in [0.1, 0.15) is 6.73 Å². The Balaban J connectivity index is 0.000000810. The van der Waals surface area contributed by atoms with E-state index in [9.17, 15) is 4.79 Å². The van der Waals surface area contributed by atoms with Crippen molar-refractivity contribution in [2.45, 2.75) is 12.8 Å². The van der Waals surface area contributed by atoms with Crippen LogP contribution in [0.25, 0.3) is 0 Å². The number of carbonyl (C=O) groups is 1. The van der Waals surface area contributed by atoms with E-state index in [4.69, 9.17) is 4.74 Å². The molecule has 1 heterocycles. The molecule has 0 spiro atoms. The van der Waals surface area contributed by atoms with Crippen LogP contribution in [0.3, 0.4) is 0 Å². The van der Waals surface area contributed by atoms with Gasteiger partial charge < -0.3 is 9.64 Å². The second-order valence-electron chi connectivity index (χ2n) is 2.18. The summed E-state index contributed by atoms with van der Waals surface area (Å²) >= 11 is 0. The van der Waals surface area contributed by atoms with Gasteiger partial charge in [0.2, 0.25) is 5.91 Å². The predicted octanol–water partition coefficient (Wildman–Crippen LogP) is 0.635. The number of halogens is 1. The highest BCUT2D eigenvalue weighted by molar-refractivity contribution is 5.85. The van der Waals surface area contributed by atoms with Crippen molar-refractivity contribution in [2.24, 2.45) is 0 Å². The Hall–Kier alpha value is -0.280. The molecule has 1 aliphatic rings. The van der Waals surface area contributed by atoms with Gasteiger partial charge in [-0.15, -0.1) is 12.4 Å². The number of ether oxygens (including phenoxy) is 1. The Kier molecular flexibility index (Phi) is 4.40. The Morgan fingerprint density at radius 1 is 1.70 bits per heavy atom. The van der Waals surface area contributed by atoms with E-state index in [1.165, 1.54) is 0 Å². The number of carbonyl (C=O) groups excluding carboxylic acids is 1. The Bertz CT molecular complexity index is 118. The lowest BCUT2D eigenvalue weighted by Gasteiger charge is -2.12. The molecular formula is C6H12ClNO2. The molecule has 0 N–H and O–H groups in total. The standard InChI is InChI=1S/C6H11NO2.ClH/c1-9-5-7-4-2-3-6(7)8;/h2-5H2,1H3;1H. The summed E-state index contributed by atoms with van der Waals surface area (Å²) in [4.78, 5) is 12.5. The first-order valence-corrected chi connectivity index (χ1v) is 3.11. The lowest BCUT2D eigenvalue weighted by molar-refractivity contribution is -0.131. The first kappa shape index (κ1) is 9.72. The maximum absolute atomic E-state index is 10.8. The smallest absolute Gasteiger partial charge is 0.224 e. The van der Waals surface area contributed by atoms with E-state index in [0.717, 1.165) is 13.0 Å². The maximum Gasteiger partial charge on any atom is 0.224 e. The van der Waals surface area contributed by atoms with Crippen LogP contribution in [0.1, 0.15) is 12.8 Å². The van der Waals surface area contributed by atoms with Gasteiger partial charge in [-0.25, -0.2) is 0 Å². The number of amides is 1. The number of hydrogen-bond acceptors (Lipinski definition) is 2. The number of rotatable bonds is 2. The van der Waals surface area contributed by atoms with Crippen LogP contribution in [0.4, 0.5) is 0 Å². The van der Waals surface area contributed by atoms with Crippen LogP contribution in [0.2, 0.25) is 0 Å². The van der Waals surface area contributed by atoms with Crippen LogP contribution in [0.5, 0.6) is 0 Å². The van der Waals surface area contributed by atoms with Gasteiger partial charge in [0, 0.05) is 20.1 Å². The molecule has 0 radical (unpaired) electrons. The van der Waals surface area contributed by atoms with Crippen molar-refractivity contribution >= 4 is 18.3 Å². The molecule has 10 heavy (non-hydrogen) atoms. The zero-order valence-corrected chi connectivity index (χ0v) is 6.82. The summed E-state index contributed by atoms with van der Waals surface area (Å²) in [6, 6.07) is 0. The van der Waals surface area contributed by atoms with Crippen molar-refractivity contribution in [3.05, 3.63) is 0 Å². The zero-order valence-electron chi connectivity index (χ0n) is 6.00. The van der Waals surface area contributed by atoms with Gasteiger partial charge in [0.25, 0.3) is 0 Å². The first-order chi connectivity index (χ1) is 4.34. The first-order valence-electron chi connectivity index (χ1n) is 3.11. The van der Waals surface area contributed by atoms with Crippen molar-refractivity contribution in [3.63, 3.8) is 0 Å². The van der Waals surface area contributed by atoms with E-state index in [0.29, 0.717) is 13.2 Å².